The molecule has 9 atom stereocenters. The van der Waals surface area contributed by atoms with Crippen molar-refractivity contribution >= 4 is 0 Å². The summed E-state index contributed by atoms with van der Waals surface area (Å²) in [6.45, 7) is 16.3. The molecular weight excluding hydrogens is 380 g/mol. The Kier molecular flexibility index (Phi) is 6.09. The number of aliphatic hydroxyl groups is 2. The Morgan fingerprint density at radius 2 is 1.77 bits per heavy atom. The van der Waals surface area contributed by atoms with Crippen LogP contribution in [0, 0.1) is 45.8 Å². The first-order valence-corrected chi connectivity index (χ1v) is 13.1. The standard InChI is InChI=1S/C29H48O2/c1-18(2)9-8-10-19(3)21-12-13-22-20-11-14-24-27(4,5)25(30)17-26(31)29(24,7)23(20)15-16-28(21,22)6/h9,14,19-23,25-26,30-31H,8,10-13,15-17H2,1-7H3/t19-,20+,21-,22+,23+,25+,26-,28-,29-/m1/s1. The molecule has 0 aromatic rings. The fraction of sp³-hybridized carbons (Fsp3) is 0.862. The maximum absolute atomic E-state index is 11.3. The minimum absolute atomic E-state index is 0.167. The van der Waals surface area contributed by atoms with E-state index in [1.54, 1.807) is 0 Å². The van der Waals surface area contributed by atoms with Gasteiger partial charge in [-0.1, -0.05) is 57.9 Å². The molecule has 0 radical (unpaired) electrons. The molecule has 2 N–H and O–H groups in total. The van der Waals surface area contributed by atoms with Crippen LogP contribution in [-0.4, -0.2) is 22.4 Å². The van der Waals surface area contributed by atoms with Crippen LogP contribution in [0.5, 0.6) is 0 Å². The van der Waals surface area contributed by atoms with Gasteiger partial charge in [0.05, 0.1) is 12.2 Å². The highest BCUT2D eigenvalue weighted by Crippen LogP contribution is 2.68. The van der Waals surface area contributed by atoms with Gasteiger partial charge in [0.25, 0.3) is 0 Å². The van der Waals surface area contributed by atoms with Crippen LogP contribution in [0.1, 0.15) is 99.8 Å². The summed E-state index contributed by atoms with van der Waals surface area (Å²) in [7, 11) is 0. The predicted octanol–water partition coefficient (Wildman–Crippen LogP) is 6.92. The highest BCUT2D eigenvalue weighted by molar-refractivity contribution is 5.33. The third kappa shape index (κ3) is 3.50. The molecular formula is C29H48O2. The van der Waals surface area contributed by atoms with Gasteiger partial charge in [-0.25, -0.2) is 0 Å². The SMILES string of the molecule is CC(C)=CCC[C@@H](C)[C@H]1CC[C@H]2[C@@H]3CC=C4C(C)(C)[C@@H](O)C[C@@H](O)[C@]4(C)[C@H]3CC[C@]12C. The minimum atomic E-state index is -0.440. The van der Waals surface area contributed by atoms with E-state index in [1.807, 2.05) is 0 Å². The van der Waals surface area contributed by atoms with Crippen molar-refractivity contribution in [1.82, 2.24) is 0 Å². The highest BCUT2D eigenvalue weighted by Gasteiger charge is 2.63. The van der Waals surface area contributed by atoms with Crippen LogP contribution in [0.25, 0.3) is 0 Å². The van der Waals surface area contributed by atoms with Gasteiger partial charge in [0.2, 0.25) is 0 Å². The lowest BCUT2D eigenvalue weighted by Crippen LogP contribution is -2.60. The molecule has 0 spiro atoms. The van der Waals surface area contributed by atoms with E-state index in [-0.39, 0.29) is 10.8 Å². The Morgan fingerprint density at radius 1 is 1.06 bits per heavy atom. The normalized spacial score (nSPS) is 46.9. The molecule has 0 aromatic heterocycles. The molecule has 2 nitrogen and oxygen atoms in total. The molecule has 0 saturated heterocycles. The van der Waals surface area contributed by atoms with Crippen LogP contribution in [-0.2, 0) is 0 Å². The van der Waals surface area contributed by atoms with Gasteiger partial charge in [0.15, 0.2) is 0 Å². The molecule has 31 heavy (non-hydrogen) atoms. The quantitative estimate of drug-likeness (QED) is 0.477. The first kappa shape index (κ1) is 23.6. The second-order valence-corrected chi connectivity index (χ2v) is 13.1. The van der Waals surface area contributed by atoms with Crippen molar-refractivity contribution in [2.75, 3.05) is 0 Å². The number of hydrogen-bond acceptors (Lipinski definition) is 2. The molecule has 3 fully saturated rings. The van der Waals surface area contributed by atoms with E-state index >= 15 is 0 Å². The monoisotopic (exact) mass is 428 g/mol. The lowest BCUT2D eigenvalue weighted by Gasteiger charge is -2.62. The number of allylic oxidation sites excluding steroid dienone is 3. The molecule has 2 heteroatoms. The van der Waals surface area contributed by atoms with Crippen molar-refractivity contribution in [3.63, 3.8) is 0 Å². The molecule has 0 bridgehead atoms. The zero-order valence-electron chi connectivity index (χ0n) is 21.2. The smallest absolute Gasteiger partial charge is 0.0658 e. The van der Waals surface area contributed by atoms with Crippen LogP contribution in [0.2, 0.25) is 0 Å². The van der Waals surface area contributed by atoms with Gasteiger partial charge in [-0.15, -0.1) is 0 Å². The average Bonchev–Trinajstić information content (AvgIpc) is 3.04. The fourth-order valence-corrected chi connectivity index (χ4v) is 9.16. The van der Waals surface area contributed by atoms with Crippen LogP contribution in [0.15, 0.2) is 23.3 Å². The summed E-state index contributed by atoms with van der Waals surface area (Å²) in [5.41, 5.74) is 2.86. The fourth-order valence-electron chi connectivity index (χ4n) is 9.16. The van der Waals surface area contributed by atoms with Crippen molar-refractivity contribution in [2.45, 2.75) is 112 Å². The first-order chi connectivity index (χ1) is 14.4. The van der Waals surface area contributed by atoms with E-state index in [0.717, 1.165) is 24.2 Å². The second-order valence-electron chi connectivity index (χ2n) is 13.1. The van der Waals surface area contributed by atoms with Crippen LogP contribution < -0.4 is 0 Å². The zero-order valence-corrected chi connectivity index (χ0v) is 21.2. The summed E-state index contributed by atoms with van der Waals surface area (Å²) in [4.78, 5) is 0. The summed E-state index contributed by atoms with van der Waals surface area (Å²) in [5, 5.41) is 22.0. The molecule has 0 aliphatic heterocycles. The van der Waals surface area contributed by atoms with Crippen molar-refractivity contribution in [1.29, 1.82) is 0 Å². The largest absolute Gasteiger partial charge is 0.392 e. The van der Waals surface area contributed by atoms with Gasteiger partial charge in [-0.2, -0.15) is 0 Å². The molecule has 4 aliphatic rings. The van der Waals surface area contributed by atoms with E-state index in [9.17, 15) is 10.2 Å². The molecule has 0 amide bonds. The number of fused-ring (bicyclic) bond motifs is 5. The molecule has 4 aliphatic carbocycles. The molecule has 4 rings (SSSR count). The number of rotatable bonds is 4. The summed E-state index contributed by atoms with van der Waals surface area (Å²) >= 11 is 0. The third-order valence-corrected chi connectivity index (χ3v) is 11.0. The van der Waals surface area contributed by atoms with Crippen LogP contribution in [0.4, 0.5) is 0 Å². The van der Waals surface area contributed by atoms with Crippen molar-refractivity contribution in [2.24, 2.45) is 45.8 Å². The van der Waals surface area contributed by atoms with Gasteiger partial charge < -0.3 is 10.2 Å². The first-order valence-electron chi connectivity index (χ1n) is 13.1. The van der Waals surface area contributed by atoms with E-state index in [1.165, 1.54) is 49.7 Å². The van der Waals surface area contributed by atoms with Crippen molar-refractivity contribution < 1.29 is 10.2 Å². The van der Waals surface area contributed by atoms with Crippen molar-refractivity contribution in [3.8, 4) is 0 Å². The van der Waals surface area contributed by atoms with E-state index in [4.69, 9.17) is 0 Å². The Balaban J connectivity index is 1.59. The predicted molar refractivity (Wildman–Crippen MR) is 130 cm³/mol. The minimum Gasteiger partial charge on any atom is -0.392 e. The maximum Gasteiger partial charge on any atom is 0.0658 e. The lowest BCUT2D eigenvalue weighted by atomic mass is 9.43. The summed E-state index contributed by atoms with van der Waals surface area (Å²) in [6, 6.07) is 0. The van der Waals surface area contributed by atoms with Crippen LogP contribution in [0.3, 0.4) is 0 Å². The summed E-state index contributed by atoms with van der Waals surface area (Å²) < 4.78 is 0. The highest BCUT2D eigenvalue weighted by atomic mass is 16.3. The van der Waals surface area contributed by atoms with Gasteiger partial charge in [0.1, 0.15) is 0 Å². The molecule has 3 saturated carbocycles. The Bertz CT molecular complexity index is 744. The van der Waals surface area contributed by atoms with E-state index in [2.05, 4.69) is 60.6 Å². The molecule has 176 valence electrons. The summed E-state index contributed by atoms with van der Waals surface area (Å²) in [6.07, 6.45) is 13.6. The van der Waals surface area contributed by atoms with Gasteiger partial charge >= 0.3 is 0 Å². The molecule has 0 heterocycles. The van der Waals surface area contributed by atoms with E-state index in [0.29, 0.717) is 23.7 Å². The Hall–Kier alpha value is -0.600. The number of hydrogen-bond donors (Lipinski definition) is 2. The zero-order chi connectivity index (χ0) is 22.8. The molecule has 0 aromatic carbocycles. The molecule has 0 unspecified atom stereocenters. The summed E-state index contributed by atoms with van der Waals surface area (Å²) in [5.74, 6) is 3.69. The average molecular weight is 429 g/mol. The van der Waals surface area contributed by atoms with Crippen LogP contribution >= 0.6 is 0 Å². The Morgan fingerprint density at radius 3 is 2.45 bits per heavy atom. The van der Waals surface area contributed by atoms with Crippen molar-refractivity contribution in [3.05, 3.63) is 23.3 Å². The van der Waals surface area contributed by atoms with E-state index < -0.39 is 12.2 Å². The third-order valence-electron chi connectivity index (χ3n) is 11.0. The lowest BCUT2D eigenvalue weighted by molar-refractivity contribution is -0.133. The number of aliphatic hydroxyl groups excluding tert-OH is 2. The van der Waals surface area contributed by atoms with Gasteiger partial charge in [0, 0.05) is 17.3 Å². The Labute approximate surface area is 191 Å². The topological polar surface area (TPSA) is 40.5 Å². The van der Waals surface area contributed by atoms with Gasteiger partial charge in [-0.3, -0.25) is 0 Å². The maximum atomic E-state index is 11.3. The van der Waals surface area contributed by atoms with Gasteiger partial charge in [-0.05, 0) is 93.8 Å². The second kappa shape index (κ2) is 8.01.